The number of rotatable bonds is 3. The number of piperazine rings is 1. The van der Waals surface area contributed by atoms with Crippen LogP contribution in [0.2, 0.25) is 0 Å². The molecule has 1 aliphatic heterocycles. The summed E-state index contributed by atoms with van der Waals surface area (Å²) in [5.41, 5.74) is 0. The lowest BCUT2D eigenvalue weighted by Gasteiger charge is -2.41. The van der Waals surface area contributed by atoms with Gasteiger partial charge >= 0.3 is 0 Å². The summed E-state index contributed by atoms with van der Waals surface area (Å²) in [6.45, 7) is 11.2. The fourth-order valence-corrected chi connectivity index (χ4v) is 3.28. The fourth-order valence-electron chi connectivity index (χ4n) is 3.28. The normalized spacial score (nSPS) is 34.1. The van der Waals surface area contributed by atoms with Crippen molar-refractivity contribution < 1.29 is 0 Å². The molecule has 1 heterocycles. The van der Waals surface area contributed by atoms with Crippen molar-refractivity contribution in [1.29, 1.82) is 0 Å². The average Bonchev–Trinajstić information content (AvgIpc) is 2.32. The van der Waals surface area contributed by atoms with Crippen LogP contribution in [0.25, 0.3) is 0 Å². The van der Waals surface area contributed by atoms with Gasteiger partial charge in [0.25, 0.3) is 0 Å². The molecule has 2 fully saturated rings. The first-order chi connectivity index (χ1) is 7.79. The van der Waals surface area contributed by atoms with Gasteiger partial charge in [-0.3, -0.25) is 4.90 Å². The Morgan fingerprint density at radius 2 is 1.56 bits per heavy atom. The van der Waals surface area contributed by atoms with Crippen molar-refractivity contribution in [2.75, 3.05) is 32.7 Å². The maximum absolute atomic E-state index is 2.76. The minimum absolute atomic E-state index is 0.917. The van der Waals surface area contributed by atoms with Crippen molar-refractivity contribution in [1.82, 2.24) is 9.80 Å². The molecule has 1 aliphatic carbocycles. The molecule has 2 aliphatic rings. The van der Waals surface area contributed by atoms with Crippen LogP contribution in [-0.2, 0) is 0 Å². The highest BCUT2D eigenvalue weighted by Gasteiger charge is 2.26. The zero-order chi connectivity index (χ0) is 11.4. The molecule has 0 amide bonds. The third-order valence-electron chi connectivity index (χ3n) is 4.45. The maximum Gasteiger partial charge on any atom is 0.0113 e. The Kier molecular flexibility index (Phi) is 4.66. The minimum atomic E-state index is 0.917. The van der Waals surface area contributed by atoms with E-state index in [-0.39, 0.29) is 0 Å². The summed E-state index contributed by atoms with van der Waals surface area (Å²) < 4.78 is 0. The Hall–Kier alpha value is -0.0800. The third kappa shape index (κ3) is 3.21. The van der Waals surface area contributed by atoms with E-state index >= 15 is 0 Å². The van der Waals surface area contributed by atoms with Gasteiger partial charge in [-0.05, 0) is 44.6 Å². The van der Waals surface area contributed by atoms with E-state index in [9.17, 15) is 0 Å². The van der Waals surface area contributed by atoms with E-state index in [0.717, 1.165) is 12.0 Å². The van der Waals surface area contributed by atoms with Crippen LogP contribution in [0.4, 0.5) is 0 Å². The standard InChI is InChI=1S/C14H28N2/c1-3-8-15-9-11-16(12-10-15)14-6-4-13(2)5-7-14/h13-14H,3-12H2,1-2H3. The van der Waals surface area contributed by atoms with Crippen LogP contribution < -0.4 is 0 Å². The minimum Gasteiger partial charge on any atom is -0.301 e. The van der Waals surface area contributed by atoms with Crippen LogP contribution in [0.1, 0.15) is 46.0 Å². The predicted molar refractivity (Wildman–Crippen MR) is 69.7 cm³/mol. The number of hydrogen-bond donors (Lipinski definition) is 0. The summed E-state index contributed by atoms with van der Waals surface area (Å²) in [4.78, 5) is 5.39. The van der Waals surface area contributed by atoms with E-state index < -0.39 is 0 Å². The molecule has 2 rings (SSSR count). The monoisotopic (exact) mass is 224 g/mol. The maximum atomic E-state index is 2.76. The first kappa shape index (κ1) is 12.4. The molecule has 0 radical (unpaired) electrons. The molecule has 0 aromatic rings. The van der Waals surface area contributed by atoms with Gasteiger partial charge in [-0.25, -0.2) is 0 Å². The molecule has 0 aromatic carbocycles. The van der Waals surface area contributed by atoms with Gasteiger partial charge in [-0.15, -0.1) is 0 Å². The Morgan fingerprint density at radius 1 is 0.938 bits per heavy atom. The molecule has 1 saturated carbocycles. The SMILES string of the molecule is CCCN1CCN(C2CCC(C)CC2)CC1. The van der Waals surface area contributed by atoms with Crippen molar-refractivity contribution in [2.45, 2.75) is 52.0 Å². The summed E-state index contributed by atoms with van der Waals surface area (Å²) >= 11 is 0. The first-order valence-electron chi connectivity index (χ1n) is 7.26. The summed E-state index contributed by atoms with van der Waals surface area (Å²) in [5.74, 6) is 0.984. The van der Waals surface area contributed by atoms with E-state index in [1.807, 2.05) is 0 Å². The molecule has 0 atom stereocenters. The topological polar surface area (TPSA) is 6.48 Å². The van der Waals surface area contributed by atoms with Crippen LogP contribution in [0.5, 0.6) is 0 Å². The largest absolute Gasteiger partial charge is 0.301 e. The first-order valence-corrected chi connectivity index (χ1v) is 7.26. The highest BCUT2D eigenvalue weighted by molar-refractivity contribution is 4.82. The van der Waals surface area contributed by atoms with Crippen molar-refractivity contribution >= 4 is 0 Å². The second-order valence-corrected chi connectivity index (χ2v) is 5.79. The van der Waals surface area contributed by atoms with Crippen molar-refractivity contribution in [3.05, 3.63) is 0 Å². The van der Waals surface area contributed by atoms with Gasteiger partial charge < -0.3 is 4.90 Å². The lowest BCUT2D eigenvalue weighted by atomic mass is 9.86. The number of hydrogen-bond acceptors (Lipinski definition) is 2. The molecule has 94 valence electrons. The molecule has 0 spiro atoms. The van der Waals surface area contributed by atoms with Gasteiger partial charge in [-0.1, -0.05) is 13.8 Å². The van der Waals surface area contributed by atoms with Gasteiger partial charge in [-0.2, -0.15) is 0 Å². The molecule has 0 aromatic heterocycles. The van der Waals surface area contributed by atoms with Gasteiger partial charge in [0.2, 0.25) is 0 Å². The summed E-state index contributed by atoms with van der Waals surface area (Å²) in [7, 11) is 0. The second-order valence-electron chi connectivity index (χ2n) is 5.79. The molecule has 2 nitrogen and oxygen atoms in total. The fraction of sp³-hybridized carbons (Fsp3) is 1.00. The van der Waals surface area contributed by atoms with E-state index in [0.29, 0.717) is 0 Å². The average molecular weight is 224 g/mol. The lowest BCUT2D eigenvalue weighted by molar-refractivity contribution is 0.0722. The molecule has 0 unspecified atom stereocenters. The quantitative estimate of drug-likeness (QED) is 0.727. The van der Waals surface area contributed by atoms with Crippen LogP contribution in [-0.4, -0.2) is 48.6 Å². The van der Waals surface area contributed by atoms with E-state index in [1.165, 1.54) is 64.8 Å². The van der Waals surface area contributed by atoms with E-state index in [2.05, 4.69) is 23.6 Å². The van der Waals surface area contributed by atoms with Gasteiger partial charge in [0, 0.05) is 32.2 Å². The zero-order valence-corrected chi connectivity index (χ0v) is 11.1. The molecule has 0 bridgehead atoms. The lowest BCUT2D eigenvalue weighted by Crippen LogP contribution is -2.51. The Balaban J connectivity index is 1.72. The zero-order valence-electron chi connectivity index (χ0n) is 11.1. The van der Waals surface area contributed by atoms with Crippen LogP contribution in [0, 0.1) is 5.92 Å². The van der Waals surface area contributed by atoms with Crippen LogP contribution >= 0.6 is 0 Å². The molecule has 1 saturated heterocycles. The Morgan fingerprint density at radius 3 is 2.12 bits per heavy atom. The van der Waals surface area contributed by atoms with Gasteiger partial charge in [0.1, 0.15) is 0 Å². The second kappa shape index (κ2) is 6.02. The highest BCUT2D eigenvalue weighted by atomic mass is 15.3. The predicted octanol–water partition coefficient (Wildman–Crippen LogP) is 2.59. The van der Waals surface area contributed by atoms with Crippen LogP contribution in [0.3, 0.4) is 0 Å². The van der Waals surface area contributed by atoms with Crippen molar-refractivity contribution in [3.8, 4) is 0 Å². The summed E-state index contributed by atoms with van der Waals surface area (Å²) in [6, 6.07) is 0.917. The summed E-state index contributed by atoms with van der Waals surface area (Å²) in [5, 5.41) is 0. The summed E-state index contributed by atoms with van der Waals surface area (Å²) in [6.07, 6.45) is 7.13. The van der Waals surface area contributed by atoms with Gasteiger partial charge in [0.05, 0.1) is 0 Å². The molecule has 2 heteroatoms. The highest BCUT2D eigenvalue weighted by Crippen LogP contribution is 2.27. The van der Waals surface area contributed by atoms with E-state index in [1.54, 1.807) is 0 Å². The number of nitrogens with zero attached hydrogens (tertiary/aromatic N) is 2. The molecule has 16 heavy (non-hydrogen) atoms. The Bertz CT molecular complexity index is 189. The molecule has 0 N–H and O–H groups in total. The third-order valence-corrected chi connectivity index (χ3v) is 4.45. The van der Waals surface area contributed by atoms with Crippen LogP contribution in [0.15, 0.2) is 0 Å². The van der Waals surface area contributed by atoms with Crippen molar-refractivity contribution in [3.63, 3.8) is 0 Å². The molecular formula is C14H28N2. The van der Waals surface area contributed by atoms with E-state index in [4.69, 9.17) is 0 Å². The smallest absolute Gasteiger partial charge is 0.0113 e. The molecular weight excluding hydrogens is 196 g/mol. The Labute approximate surface area is 101 Å². The van der Waals surface area contributed by atoms with Gasteiger partial charge in [0.15, 0.2) is 0 Å². The van der Waals surface area contributed by atoms with Crippen molar-refractivity contribution in [2.24, 2.45) is 5.92 Å².